The van der Waals surface area contributed by atoms with Gasteiger partial charge in [-0.05, 0) is 61.7 Å². The molecule has 0 radical (unpaired) electrons. The lowest BCUT2D eigenvalue weighted by Gasteiger charge is -2.37. The van der Waals surface area contributed by atoms with Gasteiger partial charge in [0.1, 0.15) is 5.82 Å². The van der Waals surface area contributed by atoms with E-state index in [4.69, 9.17) is 0 Å². The Balaban J connectivity index is 0.00000256. The molecule has 2 heterocycles. The summed E-state index contributed by atoms with van der Waals surface area (Å²) in [6.07, 6.45) is 1.61. The highest BCUT2D eigenvalue weighted by molar-refractivity contribution is 6.02. The van der Waals surface area contributed by atoms with E-state index < -0.39 is 11.8 Å². The van der Waals surface area contributed by atoms with Crippen LogP contribution >= 0.6 is 12.4 Å². The highest BCUT2D eigenvalue weighted by Crippen LogP contribution is 2.34. The summed E-state index contributed by atoms with van der Waals surface area (Å²) in [6, 6.07) is 11.1. The van der Waals surface area contributed by atoms with Crippen LogP contribution in [-0.2, 0) is 11.2 Å². The smallest absolute Gasteiger partial charge is 0.316 e. The van der Waals surface area contributed by atoms with Gasteiger partial charge in [0, 0.05) is 23.8 Å². The molecule has 160 valence electrons. The SMILES string of the molecule is CC(C(=O)N1CCCc2c(NC(=O)Nc3ccccc3F)cccc21)C1CNC1.Cl. The van der Waals surface area contributed by atoms with Gasteiger partial charge in [0.25, 0.3) is 0 Å². The second-order valence-electron chi connectivity index (χ2n) is 7.66. The monoisotopic (exact) mass is 432 g/mol. The Kier molecular flexibility index (Phi) is 6.95. The first-order valence-corrected chi connectivity index (χ1v) is 10.0. The molecule has 0 aromatic heterocycles. The van der Waals surface area contributed by atoms with Crippen molar-refractivity contribution in [1.29, 1.82) is 0 Å². The second kappa shape index (κ2) is 9.45. The van der Waals surface area contributed by atoms with E-state index in [1.165, 1.54) is 12.1 Å². The molecule has 8 heteroatoms. The molecule has 0 spiro atoms. The lowest BCUT2D eigenvalue weighted by atomic mass is 9.87. The minimum absolute atomic E-state index is 0. The third-order valence-corrected chi connectivity index (χ3v) is 5.80. The van der Waals surface area contributed by atoms with E-state index in [0.29, 0.717) is 18.2 Å². The summed E-state index contributed by atoms with van der Waals surface area (Å²) in [4.78, 5) is 27.3. The number of anilines is 3. The molecule has 1 unspecified atom stereocenters. The van der Waals surface area contributed by atoms with E-state index in [0.717, 1.165) is 37.2 Å². The summed E-state index contributed by atoms with van der Waals surface area (Å²) in [7, 11) is 0. The highest BCUT2D eigenvalue weighted by atomic mass is 35.5. The largest absolute Gasteiger partial charge is 0.323 e. The molecule has 2 aliphatic heterocycles. The Morgan fingerprint density at radius 3 is 2.50 bits per heavy atom. The third kappa shape index (κ3) is 4.42. The number of nitrogens with zero attached hydrogens (tertiary/aromatic N) is 1. The number of nitrogens with one attached hydrogen (secondary N) is 3. The molecule has 1 atom stereocenters. The van der Waals surface area contributed by atoms with Crippen molar-refractivity contribution < 1.29 is 14.0 Å². The Morgan fingerprint density at radius 2 is 1.80 bits per heavy atom. The summed E-state index contributed by atoms with van der Waals surface area (Å²) in [6.45, 7) is 4.43. The zero-order valence-corrected chi connectivity index (χ0v) is 17.6. The van der Waals surface area contributed by atoms with E-state index in [-0.39, 0.29) is 29.9 Å². The maximum Gasteiger partial charge on any atom is 0.323 e. The standard InChI is InChI=1S/C22H25FN4O2.ClH/c1-14(15-12-24-13-15)21(28)27-11-5-6-16-18(9-4-10-20(16)27)25-22(29)26-19-8-3-2-7-17(19)23;/h2-4,7-10,14-15,24H,5-6,11-13H2,1H3,(H2,25,26,29);1H. The molecule has 1 saturated heterocycles. The van der Waals surface area contributed by atoms with E-state index >= 15 is 0 Å². The molecule has 1 fully saturated rings. The quantitative estimate of drug-likeness (QED) is 0.683. The minimum atomic E-state index is -0.513. The van der Waals surface area contributed by atoms with Gasteiger partial charge >= 0.3 is 6.03 Å². The van der Waals surface area contributed by atoms with Gasteiger partial charge < -0.3 is 20.9 Å². The molecular weight excluding hydrogens is 407 g/mol. The number of benzene rings is 2. The number of para-hydroxylation sites is 1. The molecule has 30 heavy (non-hydrogen) atoms. The minimum Gasteiger partial charge on any atom is -0.316 e. The zero-order valence-electron chi connectivity index (χ0n) is 16.8. The number of amides is 3. The number of halogens is 2. The summed E-state index contributed by atoms with van der Waals surface area (Å²) in [5, 5.41) is 8.57. The predicted octanol–water partition coefficient (Wildman–Crippen LogP) is 4.03. The van der Waals surface area contributed by atoms with Gasteiger partial charge in [-0.2, -0.15) is 0 Å². The first-order valence-electron chi connectivity index (χ1n) is 10.0. The van der Waals surface area contributed by atoms with Gasteiger partial charge in [0.05, 0.1) is 5.69 Å². The molecule has 4 rings (SSSR count). The summed E-state index contributed by atoms with van der Waals surface area (Å²) in [5.41, 5.74) is 2.56. The number of hydrogen-bond acceptors (Lipinski definition) is 3. The molecule has 2 aromatic rings. The Labute approximate surface area is 181 Å². The molecule has 6 nitrogen and oxygen atoms in total. The number of carbonyl (C=O) groups excluding carboxylic acids is 2. The van der Waals surface area contributed by atoms with Crippen molar-refractivity contribution in [2.75, 3.05) is 35.2 Å². The molecule has 2 aliphatic rings. The summed E-state index contributed by atoms with van der Waals surface area (Å²) in [5.74, 6) is -0.0247. The molecule has 0 saturated carbocycles. The molecule has 3 N–H and O–H groups in total. The first kappa shape index (κ1) is 22.1. The van der Waals surface area contributed by atoms with Crippen LogP contribution in [0.1, 0.15) is 18.9 Å². The van der Waals surface area contributed by atoms with Crippen molar-refractivity contribution in [1.82, 2.24) is 5.32 Å². The van der Waals surface area contributed by atoms with E-state index in [1.807, 2.05) is 30.0 Å². The maximum atomic E-state index is 13.8. The van der Waals surface area contributed by atoms with Crippen molar-refractivity contribution in [3.63, 3.8) is 0 Å². The van der Waals surface area contributed by atoms with E-state index in [9.17, 15) is 14.0 Å². The van der Waals surface area contributed by atoms with Crippen LogP contribution in [0.25, 0.3) is 0 Å². The van der Waals surface area contributed by atoms with E-state index in [1.54, 1.807) is 12.1 Å². The number of rotatable bonds is 4. The highest BCUT2D eigenvalue weighted by Gasteiger charge is 2.34. The van der Waals surface area contributed by atoms with Crippen molar-refractivity contribution >= 4 is 41.4 Å². The summed E-state index contributed by atoms with van der Waals surface area (Å²) >= 11 is 0. The fourth-order valence-corrected chi connectivity index (χ4v) is 3.92. The van der Waals surface area contributed by atoms with Crippen LogP contribution in [0.5, 0.6) is 0 Å². The number of fused-ring (bicyclic) bond motifs is 1. The van der Waals surface area contributed by atoms with Crippen LogP contribution in [0, 0.1) is 17.7 Å². The molecule has 0 bridgehead atoms. The molecule has 2 aromatic carbocycles. The van der Waals surface area contributed by atoms with Crippen LogP contribution in [-0.4, -0.2) is 31.6 Å². The van der Waals surface area contributed by atoms with Crippen LogP contribution in [0.3, 0.4) is 0 Å². The molecular formula is C22H26ClFN4O2. The summed E-state index contributed by atoms with van der Waals surface area (Å²) < 4.78 is 13.8. The van der Waals surface area contributed by atoms with Crippen molar-refractivity contribution in [3.8, 4) is 0 Å². The lowest BCUT2D eigenvalue weighted by Crippen LogP contribution is -2.51. The Bertz CT molecular complexity index is 935. The van der Waals surface area contributed by atoms with Crippen LogP contribution < -0.4 is 20.9 Å². The van der Waals surface area contributed by atoms with Crippen LogP contribution in [0.4, 0.5) is 26.2 Å². The van der Waals surface area contributed by atoms with Crippen molar-refractivity contribution in [2.45, 2.75) is 19.8 Å². The van der Waals surface area contributed by atoms with Crippen molar-refractivity contribution in [3.05, 3.63) is 53.8 Å². The second-order valence-corrected chi connectivity index (χ2v) is 7.66. The topological polar surface area (TPSA) is 73.5 Å². The maximum absolute atomic E-state index is 13.8. The van der Waals surface area contributed by atoms with Crippen molar-refractivity contribution in [2.24, 2.45) is 11.8 Å². The fraction of sp³-hybridized carbons (Fsp3) is 0.364. The third-order valence-electron chi connectivity index (χ3n) is 5.80. The predicted molar refractivity (Wildman–Crippen MR) is 119 cm³/mol. The van der Waals surface area contributed by atoms with Gasteiger partial charge in [-0.1, -0.05) is 25.1 Å². The zero-order chi connectivity index (χ0) is 20.4. The Hall–Kier alpha value is -2.64. The molecule has 3 amide bonds. The lowest BCUT2D eigenvalue weighted by molar-refractivity contribution is -0.124. The normalized spacial score (nSPS) is 16.5. The number of carbonyl (C=O) groups is 2. The average molecular weight is 433 g/mol. The fourth-order valence-electron chi connectivity index (χ4n) is 3.92. The number of hydrogen-bond donors (Lipinski definition) is 3. The first-order chi connectivity index (χ1) is 14.0. The number of urea groups is 1. The van der Waals surface area contributed by atoms with Gasteiger partial charge in [-0.3, -0.25) is 4.79 Å². The van der Waals surface area contributed by atoms with Crippen LogP contribution in [0.2, 0.25) is 0 Å². The van der Waals surface area contributed by atoms with Gasteiger partial charge in [-0.25, -0.2) is 9.18 Å². The average Bonchev–Trinajstić information content (AvgIpc) is 2.67. The van der Waals surface area contributed by atoms with Gasteiger partial charge in [0.2, 0.25) is 5.91 Å². The van der Waals surface area contributed by atoms with E-state index in [2.05, 4.69) is 16.0 Å². The van der Waals surface area contributed by atoms with Gasteiger partial charge in [-0.15, -0.1) is 12.4 Å². The van der Waals surface area contributed by atoms with Crippen LogP contribution in [0.15, 0.2) is 42.5 Å². The Morgan fingerprint density at radius 1 is 1.10 bits per heavy atom. The van der Waals surface area contributed by atoms with Gasteiger partial charge in [0.15, 0.2) is 0 Å². The molecule has 0 aliphatic carbocycles.